The van der Waals surface area contributed by atoms with Crippen molar-refractivity contribution in [2.24, 2.45) is 5.14 Å². The fourth-order valence-corrected chi connectivity index (χ4v) is 2.25. The van der Waals surface area contributed by atoms with E-state index in [0.717, 1.165) is 12.2 Å². The molecule has 100 valence electrons. The molecule has 1 heterocycles. The minimum absolute atomic E-state index is 0.240. The van der Waals surface area contributed by atoms with Gasteiger partial charge in [-0.15, -0.1) is 0 Å². The number of ether oxygens (including phenoxy) is 2. The van der Waals surface area contributed by atoms with Crippen LogP contribution >= 0.6 is 12.2 Å². The summed E-state index contributed by atoms with van der Waals surface area (Å²) >= 11 is 0.761. The first-order chi connectivity index (χ1) is 8.53. The van der Waals surface area contributed by atoms with Crippen molar-refractivity contribution in [1.82, 2.24) is 0 Å². The van der Waals surface area contributed by atoms with Gasteiger partial charge in [0.25, 0.3) is 0 Å². The zero-order valence-electron chi connectivity index (χ0n) is 10.3. The van der Waals surface area contributed by atoms with Crippen molar-refractivity contribution in [1.29, 1.82) is 0 Å². The normalized spacial score (nSPS) is 26.4. The molecule has 0 saturated carbocycles. The number of hydrogen-bond donors (Lipinski definition) is 1. The Morgan fingerprint density at radius 3 is 2.78 bits per heavy atom. The summed E-state index contributed by atoms with van der Waals surface area (Å²) in [4.78, 5) is 0. The van der Waals surface area contributed by atoms with Gasteiger partial charge in [0.1, 0.15) is 18.0 Å². The van der Waals surface area contributed by atoms with E-state index in [0.29, 0.717) is 5.56 Å². The minimum atomic E-state index is -0.764. The molecule has 0 aromatic heterocycles. The van der Waals surface area contributed by atoms with Gasteiger partial charge in [-0.2, -0.15) is 0 Å². The van der Waals surface area contributed by atoms with Gasteiger partial charge in [0.05, 0.1) is 18.8 Å². The molecule has 2 atom stereocenters. The SMILES string of the molecule is CC1(C)OC(COSN)C(c2ccccc2F)O1. The molecule has 0 aliphatic carbocycles. The highest BCUT2D eigenvalue weighted by Gasteiger charge is 2.43. The largest absolute Gasteiger partial charge is 0.342 e. The summed E-state index contributed by atoms with van der Waals surface area (Å²) in [7, 11) is 0. The van der Waals surface area contributed by atoms with Crippen LogP contribution in [-0.4, -0.2) is 18.5 Å². The van der Waals surface area contributed by atoms with Gasteiger partial charge >= 0.3 is 0 Å². The van der Waals surface area contributed by atoms with Crippen LogP contribution < -0.4 is 5.14 Å². The highest BCUT2D eigenvalue weighted by molar-refractivity contribution is 7.92. The number of benzene rings is 1. The van der Waals surface area contributed by atoms with E-state index in [1.54, 1.807) is 32.0 Å². The van der Waals surface area contributed by atoms with Crippen molar-refractivity contribution in [3.63, 3.8) is 0 Å². The minimum Gasteiger partial charge on any atom is -0.342 e. The van der Waals surface area contributed by atoms with Gasteiger partial charge in [-0.25, -0.2) is 4.39 Å². The van der Waals surface area contributed by atoms with Crippen LogP contribution in [0, 0.1) is 5.82 Å². The third-order valence-corrected chi connectivity index (χ3v) is 2.97. The molecular formula is C12H16FNO3S. The molecule has 6 heteroatoms. The first-order valence-electron chi connectivity index (χ1n) is 5.62. The zero-order valence-corrected chi connectivity index (χ0v) is 11.1. The summed E-state index contributed by atoms with van der Waals surface area (Å²) in [6.45, 7) is 3.82. The highest BCUT2D eigenvalue weighted by atomic mass is 32.2. The van der Waals surface area contributed by atoms with E-state index >= 15 is 0 Å². The lowest BCUT2D eigenvalue weighted by molar-refractivity contribution is -0.148. The van der Waals surface area contributed by atoms with Gasteiger partial charge in [0.15, 0.2) is 5.79 Å². The lowest BCUT2D eigenvalue weighted by Crippen LogP contribution is -2.24. The molecular weight excluding hydrogens is 257 g/mol. The standard InChI is InChI=1S/C12H16FNO3S/c1-12(2)16-10(7-15-18-14)11(17-12)8-5-3-4-6-9(8)13/h3-6,10-11H,7,14H2,1-2H3. The van der Waals surface area contributed by atoms with E-state index in [-0.39, 0.29) is 18.5 Å². The average molecular weight is 273 g/mol. The second-order valence-electron chi connectivity index (χ2n) is 4.50. The summed E-state index contributed by atoms with van der Waals surface area (Å²) in [5.74, 6) is -1.07. The Labute approximate surface area is 110 Å². The van der Waals surface area contributed by atoms with Crippen LogP contribution in [0.2, 0.25) is 0 Å². The molecule has 2 N–H and O–H groups in total. The predicted octanol–water partition coefficient (Wildman–Crippen LogP) is 2.56. The third-order valence-electron chi connectivity index (χ3n) is 2.70. The van der Waals surface area contributed by atoms with Crippen LogP contribution in [0.3, 0.4) is 0 Å². The fourth-order valence-electron chi connectivity index (χ4n) is 2.03. The molecule has 1 aliphatic rings. The summed E-state index contributed by atoms with van der Waals surface area (Å²) in [5, 5.41) is 5.21. The molecule has 18 heavy (non-hydrogen) atoms. The summed E-state index contributed by atoms with van der Waals surface area (Å²) < 4.78 is 30.3. The van der Waals surface area contributed by atoms with Crippen LogP contribution in [0.5, 0.6) is 0 Å². The molecule has 2 rings (SSSR count). The van der Waals surface area contributed by atoms with Crippen molar-refractivity contribution < 1.29 is 18.0 Å². The van der Waals surface area contributed by atoms with Gasteiger partial charge in [0.2, 0.25) is 0 Å². The Bertz CT molecular complexity index is 416. The van der Waals surface area contributed by atoms with E-state index in [1.807, 2.05) is 0 Å². The quantitative estimate of drug-likeness (QED) is 0.675. The van der Waals surface area contributed by atoms with Gasteiger partial charge in [-0.3, -0.25) is 9.32 Å². The number of halogens is 1. The Hall–Kier alpha value is -0.660. The van der Waals surface area contributed by atoms with Gasteiger partial charge in [-0.1, -0.05) is 18.2 Å². The van der Waals surface area contributed by atoms with Crippen molar-refractivity contribution in [2.45, 2.75) is 31.8 Å². The second-order valence-corrected chi connectivity index (χ2v) is 4.92. The summed E-state index contributed by atoms with van der Waals surface area (Å²) in [5.41, 5.74) is 0.471. The monoisotopic (exact) mass is 273 g/mol. The van der Waals surface area contributed by atoms with Crippen molar-refractivity contribution in [3.05, 3.63) is 35.6 Å². The van der Waals surface area contributed by atoms with Crippen molar-refractivity contribution >= 4 is 12.2 Å². The average Bonchev–Trinajstić information content (AvgIpc) is 2.62. The molecule has 0 radical (unpaired) electrons. The van der Waals surface area contributed by atoms with Gasteiger partial charge in [0, 0.05) is 5.56 Å². The Kier molecular flexibility index (Phi) is 4.24. The molecule has 1 saturated heterocycles. The topological polar surface area (TPSA) is 53.7 Å². The molecule has 0 amide bonds. The van der Waals surface area contributed by atoms with Gasteiger partial charge in [-0.05, 0) is 19.9 Å². The van der Waals surface area contributed by atoms with Crippen LogP contribution in [-0.2, 0) is 13.7 Å². The molecule has 2 unspecified atom stereocenters. The fraction of sp³-hybridized carbons (Fsp3) is 0.500. The highest BCUT2D eigenvalue weighted by Crippen LogP contribution is 2.39. The van der Waals surface area contributed by atoms with Gasteiger partial charge < -0.3 is 9.47 Å². The van der Waals surface area contributed by atoms with E-state index in [4.69, 9.17) is 18.8 Å². The molecule has 0 spiro atoms. The Morgan fingerprint density at radius 2 is 2.11 bits per heavy atom. The molecule has 0 bridgehead atoms. The molecule has 1 aromatic rings. The maximum atomic E-state index is 13.8. The van der Waals surface area contributed by atoms with Crippen LogP contribution in [0.15, 0.2) is 24.3 Å². The second kappa shape index (κ2) is 5.54. The first kappa shape index (κ1) is 13.8. The predicted molar refractivity (Wildman–Crippen MR) is 66.9 cm³/mol. The molecule has 1 aliphatic heterocycles. The van der Waals surface area contributed by atoms with Crippen molar-refractivity contribution in [3.8, 4) is 0 Å². The summed E-state index contributed by atoms with van der Waals surface area (Å²) in [6, 6.07) is 6.50. The number of nitrogens with two attached hydrogens (primary N) is 1. The molecule has 4 nitrogen and oxygen atoms in total. The lowest BCUT2D eigenvalue weighted by atomic mass is 10.0. The van der Waals surface area contributed by atoms with Crippen LogP contribution in [0.1, 0.15) is 25.5 Å². The van der Waals surface area contributed by atoms with E-state index < -0.39 is 11.9 Å². The number of rotatable bonds is 4. The smallest absolute Gasteiger partial charge is 0.164 e. The van der Waals surface area contributed by atoms with E-state index in [2.05, 4.69) is 0 Å². The Morgan fingerprint density at radius 1 is 1.39 bits per heavy atom. The third kappa shape index (κ3) is 3.02. The first-order valence-corrected chi connectivity index (χ1v) is 6.42. The van der Waals surface area contributed by atoms with E-state index in [1.165, 1.54) is 6.07 Å². The maximum absolute atomic E-state index is 13.8. The lowest BCUT2D eigenvalue weighted by Gasteiger charge is -2.17. The Balaban J connectivity index is 2.21. The van der Waals surface area contributed by atoms with Crippen LogP contribution in [0.4, 0.5) is 4.39 Å². The van der Waals surface area contributed by atoms with E-state index in [9.17, 15) is 4.39 Å². The van der Waals surface area contributed by atoms with Crippen LogP contribution in [0.25, 0.3) is 0 Å². The van der Waals surface area contributed by atoms with Crippen molar-refractivity contribution in [2.75, 3.05) is 6.61 Å². The number of hydrogen-bond acceptors (Lipinski definition) is 5. The molecule has 1 aromatic carbocycles. The maximum Gasteiger partial charge on any atom is 0.164 e. The zero-order chi connectivity index (χ0) is 13.2. The summed E-state index contributed by atoms with van der Waals surface area (Å²) in [6.07, 6.45) is -0.874. The molecule has 1 fully saturated rings.